The fraction of sp³-hybridized carbons (Fsp3) is 0.484. The van der Waals surface area contributed by atoms with Crippen LogP contribution >= 0.6 is 0 Å². The number of rotatable bonds is 18. The standard InChI is InChI=1S/C31H42N2O6/c1-2-3-4-5-6-7-8-9-10-14-21-32-28(34)26-19-17-24(18-20-26)22-33(29(35)31(38)39)23-27(30(36)37)25-15-12-11-13-16-25/h11-13,15-20,27H,2-10,14,21-23H2,1H3,(H,32,34)(H,36,37)(H,38,39). The molecule has 2 amide bonds. The second kappa shape index (κ2) is 17.8. The number of unbranched alkanes of at least 4 members (excludes halogenated alkanes) is 9. The second-order valence-corrected chi connectivity index (χ2v) is 9.93. The van der Waals surface area contributed by atoms with E-state index in [2.05, 4.69) is 12.2 Å². The zero-order valence-electron chi connectivity index (χ0n) is 22.9. The van der Waals surface area contributed by atoms with Gasteiger partial charge in [0.2, 0.25) is 0 Å². The highest BCUT2D eigenvalue weighted by molar-refractivity contribution is 6.31. The number of nitrogens with zero attached hydrogens (tertiary/aromatic N) is 1. The Balaban J connectivity index is 1.84. The number of carbonyl (C=O) groups is 4. The Kier molecular flexibility index (Phi) is 14.4. The molecule has 3 N–H and O–H groups in total. The molecule has 0 bridgehead atoms. The minimum atomic E-state index is -1.66. The summed E-state index contributed by atoms with van der Waals surface area (Å²) in [6.07, 6.45) is 12.3. The molecule has 0 spiro atoms. The van der Waals surface area contributed by atoms with Gasteiger partial charge in [0, 0.05) is 25.2 Å². The molecule has 0 saturated heterocycles. The molecule has 1 atom stereocenters. The number of carbonyl (C=O) groups excluding carboxylic acids is 2. The molecule has 0 aromatic heterocycles. The Morgan fingerprint density at radius 2 is 1.33 bits per heavy atom. The highest BCUT2D eigenvalue weighted by atomic mass is 16.4. The van der Waals surface area contributed by atoms with Gasteiger partial charge < -0.3 is 20.4 Å². The van der Waals surface area contributed by atoms with E-state index in [0.29, 0.717) is 23.2 Å². The van der Waals surface area contributed by atoms with E-state index < -0.39 is 23.8 Å². The monoisotopic (exact) mass is 538 g/mol. The lowest BCUT2D eigenvalue weighted by molar-refractivity contribution is -0.157. The Morgan fingerprint density at radius 1 is 0.769 bits per heavy atom. The lowest BCUT2D eigenvalue weighted by Gasteiger charge is -2.25. The van der Waals surface area contributed by atoms with E-state index in [1.807, 2.05) is 0 Å². The van der Waals surface area contributed by atoms with Gasteiger partial charge in [0.15, 0.2) is 0 Å². The van der Waals surface area contributed by atoms with Gasteiger partial charge >= 0.3 is 17.8 Å². The van der Waals surface area contributed by atoms with E-state index in [0.717, 1.165) is 17.7 Å². The molecule has 0 aliphatic heterocycles. The van der Waals surface area contributed by atoms with Crippen LogP contribution < -0.4 is 5.32 Å². The predicted octanol–water partition coefficient (Wildman–Crippen LogP) is 5.62. The van der Waals surface area contributed by atoms with Gasteiger partial charge in [0.1, 0.15) is 0 Å². The van der Waals surface area contributed by atoms with Crippen molar-refractivity contribution in [1.82, 2.24) is 10.2 Å². The van der Waals surface area contributed by atoms with Crippen molar-refractivity contribution in [3.05, 3.63) is 71.3 Å². The lowest BCUT2D eigenvalue weighted by Crippen LogP contribution is -2.40. The van der Waals surface area contributed by atoms with Gasteiger partial charge in [-0.15, -0.1) is 0 Å². The molecule has 0 aliphatic rings. The van der Waals surface area contributed by atoms with Crippen LogP contribution in [0.1, 0.15) is 98.5 Å². The molecular weight excluding hydrogens is 496 g/mol. The Labute approximate surface area is 231 Å². The summed E-state index contributed by atoms with van der Waals surface area (Å²) in [5.41, 5.74) is 1.53. The maximum atomic E-state index is 12.5. The van der Waals surface area contributed by atoms with Gasteiger partial charge in [-0.25, -0.2) is 4.79 Å². The van der Waals surface area contributed by atoms with Crippen LogP contribution in [0.25, 0.3) is 0 Å². The zero-order chi connectivity index (χ0) is 28.5. The van der Waals surface area contributed by atoms with Crippen LogP contribution in [-0.4, -0.2) is 52.0 Å². The summed E-state index contributed by atoms with van der Waals surface area (Å²) in [4.78, 5) is 49.2. The van der Waals surface area contributed by atoms with Gasteiger partial charge in [-0.1, -0.05) is 107 Å². The molecular formula is C31H42N2O6. The van der Waals surface area contributed by atoms with Gasteiger partial charge in [0.05, 0.1) is 5.92 Å². The first-order valence-electron chi connectivity index (χ1n) is 14.0. The molecule has 0 fully saturated rings. The smallest absolute Gasteiger partial charge is 0.394 e. The highest BCUT2D eigenvalue weighted by Gasteiger charge is 2.29. The minimum absolute atomic E-state index is 0.0950. The summed E-state index contributed by atoms with van der Waals surface area (Å²) in [6, 6.07) is 14.9. The van der Waals surface area contributed by atoms with E-state index in [1.54, 1.807) is 54.6 Å². The molecule has 8 heteroatoms. The summed E-state index contributed by atoms with van der Waals surface area (Å²) >= 11 is 0. The van der Waals surface area contributed by atoms with Crippen molar-refractivity contribution in [2.45, 2.75) is 83.6 Å². The number of nitrogens with one attached hydrogen (secondary N) is 1. The van der Waals surface area contributed by atoms with Crippen LogP contribution in [0, 0.1) is 0 Å². The molecule has 212 valence electrons. The number of benzene rings is 2. The van der Waals surface area contributed by atoms with Crippen LogP contribution in [0.2, 0.25) is 0 Å². The van der Waals surface area contributed by atoms with Gasteiger partial charge in [-0.3, -0.25) is 14.4 Å². The normalized spacial score (nSPS) is 11.5. The van der Waals surface area contributed by atoms with Crippen LogP contribution in [0.4, 0.5) is 0 Å². The summed E-state index contributed by atoms with van der Waals surface area (Å²) in [5.74, 6) is -5.26. The summed E-state index contributed by atoms with van der Waals surface area (Å²) < 4.78 is 0. The second-order valence-electron chi connectivity index (χ2n) is 9.93. The van der Waals surface area contributed by atoms with Crippen LogP contribution in [0.5, 0.6) is 0 Å². The third-order valence-corrected chi connectivity index (χ3v) is 6.78. The molecule has 39 heavy (non-hydrogen) atoms. The molecule has 0 radical (unpaired) electrons. The van der Waals surface area contributed by atoms with Crippen molar-refractivity contribution in [3.63, 3.8) is 0 Å². The highest BCUT2D eigenvalue weighted by Crippen LogP contribution is 2.19. The zero-order valence-corrected chi connectivity index (χ0v) is 22.9. The van der Waals surface area contributed by atoms with Crippen molar-refractivity contribution < 1.29 is 29.4 Å². The summed E-state index contributed by atoms with van der Waals surface area (Å²) in [7, 11) is 0. The van der Waals surface area contributed by atoms with Crippen molar-refractivity contribution in [3.8, 4) is 0 Å². The van der Waals surface area contributed by atoms with Gasteiger partial charge in [-0.05, 0) is 29.7 Å². The maximum Gasteiger partial charge on any atom is 0.394 e. The first-order valence-corrected chi connectivity index (χ1v) is 14.0. The summed E-state index contributed by atoms with van der Waals surface area (Å²) in [6.45, 7) is 2.44. The van der Waals surface area contributed by atoms with Crippen molar-refractivity contribution in [2.75, 3.05) is 13.1 Å². The average molecular weight is 539 g/mol. The van der Waals surface area contributed by atoms with Crippen molar-refractivity contribution >= 4 is 23.8 Å². The first kappa shape index (κ1) is 31.5. The topological polar surface area (TPSA) is 124 Å². The Hall–Kier alpha value is -3.68. The number of hydrogen-bond acceptors (Lipinski definition) is 4. The molecule has 2 aromatic rings. The molecule has 2 aromatic carbocycles. The van der Waals surface area contributed by atoms with Gasteiger partial charge in [0.25, 0.3) is 5.91 Å². The largest absolute Gasteiger partial charge is 0.481 e. The van der Waals surface area contributed by atoms with Crippen LogP contribution in [0.3, 0.4) is 0 Å². The average Bonchev–Trinajstić information content (AvgIpc) is 2.94. The number of hydrogen-bond donors (Lipinski definition) is 3. The van der Waals surface area contributed by atoms with E-state index in [1.165, 1.54) is 51.4 Å². The predicted molar refractivity (Wildman–Crippen MR) is 150 cm³/mol. The van der Waals surface area contributed by atoms with Crippen molar-refractivity contribution in [2.24, 2.45) is 0 Å². The molecule has 0 aliphatic carbocycles. The molecule has 2 rings (SSSR count). The SMILES string of the molecule is CCCCCCCCCCCCNC(=O)c1ccc(CN(CC(C(=O)O)c2ccccc2)C(=O)C(=O)O)cc1. The molecule has 1 unspecified atom stereocenters. The quantitative estimate of drug-likeness (QED) is 0.167. The number of amides is 2. The maximum absolute atomic E-state index is 12.5. The Morgan fingerprint density at radius 3 is 1.87 bits per heavy atom. The number of carboxylic acids is 2. The fourth-order valence-electron chi connectivity index (χ4n) is 4.48. The number of aliphatic carboxylic acids is 2. The third-order valence-electron chi connectivity index (χ3n) is 6.78. The molecule has 8 nitrogen and oxygen atoms in total. The van der Waals surface area contributed by atoms with E-state index in [9.17, 15) is 29.4 Å². The molecule has 0 saturated carbocycles. The first-order chi connectivity index (χ1) is 18.8. The Bertz CT molecular complexity index is 1040. The van der Waals surface area contributed by atoms with Crippen LogP contribution in [0.15, 0.2) is 54.6 Å². The van der Waals surface area contributed by atoms with E-state index in [4.69, 9.17) is 0 Å². The van der Waals surface area contributed by atoms with Crippen molar-refractivity contribution in [1.29, 1.82) is 0 Å². The van der Waals surface area contributed by atoms with E-state index >= 15 is 0 Å². The van der Waals surface area contributed by atoms with Gasteiger partial charge in [-0.2, -0.15) is 0 Å². The molecule has 0 heterocycles. The lowest BCUT2D eigenvalue weighted by atomic mass is 9.98. The van der Waals surface area contributed by atoms with Crippen LogP contribution in [-0.2, 0) is 20.9 Å². The fourth-order valence-corrected chi connectivity index (χ4v) is 4.48. The third kappa shape index (κ3) is 11.7. The summed E-state index contributed by atoms with van der Waals surface area (Å²) in [5, 5.41) is 21.9. The van der Waals surface area contributed by atoms with E-state index in [-0.39, 0.29) is 19.0 Å². The minimum Gasteiger partial charge on any atom is -0.481 e. The number of carboxylic acid groups (broad SMARTS) is 2.